The lowest BCUT2D eigenvalue weighted by Crippen LogP contribution is -2.39. The van der Waals surface area contributed by atoms with Gasteiger partial charge in [-0.05, 0) is 46.8 Å². The molecular weight excluding hydrogens is 260 g/mol. The van der Waals surface area contributed by atoms with Crippen molar-refractivity contribution in [3.63, 3.8) is 0 Å². The minimum atomic E-state index is 0.371. The molecule has 3 nitrogen and oxygen atoms in total. The van der Waals surface area contributed by atoms with E-state index in [4.69, 9.17) is 10.6 Å². The first-order chi connectivity index (χ1) is 9.88. The Bertz CT molecular complexity index is 522. The molecule has 0 bridgehead atoms. The van der Waals surface area contributed by atoms with Crippen LogP contribution in [0.15, 0.2) is 18.2 Å². The summed E-state index contributed by atoms with van der Waals surface area (Å²) in [5, 5.41) is 0. The molecule has 2 aliphatic rings. The van der Waals surface area contributed by atoms with Gasteiger partial charge in [0.1, 0.15) is 5.75 Å². The van der Waals surface area contributed by atoms with E-state index in [-0.39, 0.29) is 0 Å². The molecule has 1 saturated carbocycles. The van der Waals surface area contributed by atoms with Crippen LogP contribution >= 0.6 is 0 Å². The van der Waals surface area contributed by atoms with E-state index in [9.17, 15) is 0 Å². The normalized spacial score (nSPS) is 23.5. The topological polar surface area (TPSA) is 47.3 Å². The first kappa shape index (κ1) is 14.9. The number of nitrogens with two attached hydrogens (primary N) is 1. The van der Waals surface area contributed by atoms with Crippen molar-refractivity contribution >= 4 is 0 Å². The molecule has 1 aromatic rings. The summed E-state index contributed by atoms with van der Waals surface area (Å²) in [7, 11) is 0. The summed E-state index contributed by atoms with van der Waals surface area (Å²) in [6.45, 7) is 10.3. The van der Waals surface area contributed by atoms with Gasteiger partial charge >= 0.3 is 0 Å². The molecule has 1 unspecified atom stereocenters. The van der Waals surface area contributed by atoms with Crippen molar-refractivity contribution in [2.75, 3.05) is 6.61 Å². The van der Waals surface area contributed by atoms with E-state index in [0.717, 1.165) is 31.6 Å². The van der Waals surface area contributed by atoms with Crippen LogP contribution in [-0.4, -0.2) is 12.6 Å². The van der Waals surface area contributed by atoms with Gasteiger partial charge in [-0.2, -0.15) is 0 Å². The van der Waals surface area contributed by atoms with Gasteiger partial charge in [-0.25, -0.2) is 0 Å². The molecular formula is C18H28N2O. The van der Waals surface area contributed by atoms with E-state index < -0.39 is 0 Å². The quantitative estimate of drug-likeness (QED) is 0.646. The molecule has 0 spiro atoms. The fourth-order valence-electron chi connectivity index (χ4n) is 4.32. The van der Waals surface area contributed by atoms with Crippen LogP contribution < -0.4 is 16.0 Å². The van der Waals surface area contributed by atoms with Crippen LogP contribution in [0.2, 0.25) is 0 Å². The molecule has 1 aliphatic carbocycles. The Hall–Kier alpha value is -1.06. The fraction of sp³-hybridized carbons (Fsp3) is 0.667. The number of ether oxygens (including phenoxy) is 1. The zero-order valence-electron chi connectivity index (χ0n) is 13.7. The molecule has 1 aliphatic heterocycles. The van der Waals surface area contributed by atoms with Gasteiger partial charge in [0, 0.05) is 12.5 Å². The monoisotopic (exact) mass is 288 g/mol. The van der Waals surface area contributed by atoms with Crippen molar-refractivity contribution in [1.82, 2.24) is 5.43 Å². The maximum absolute atomic E-state index is 5.84. The number of nitrogens with one attached hydrogen (secondary N) is 1. The van der Waals surface area contributed by atoms with Crippen LogP contribution in [-0.2, 0) is 12.8 Å². The molecule has 116 valence electrons. The second-order valence-electron chi connectivity index (χ2n) is 7.77. The minimum Gasteiger partial charge on any atom is -0.493 e. The van der Waals surface area contributed by atoms with Crippen molar-refractivity contribution in [3.05, 3.63) is 29.3 Å². The molecule has 1 aromatic carbocycles. The van der Waals surface area contributed by atoms with Gasteiger partial charge in [-0.3, -0.25) is 11.3 Å². The summed E-state index contributed by atoms with van der Waals surface area (Å²) in [5.74, 6) is 7.55. The summed E-state index contributed by atoms with van der Waals surface area (Å²) in [4.78, 5) is 0. The lowest BCUT2D eigenvalue weighted by Gasteiger charge is -2.18. The number of fused-ring (bicyclic) bond motifs is 1. The molecule has 0 amide bonds. The fourth-order valence-corrected chi connectivity index (χ4v) is 4.32. The zero-order chi connectivity index (χ0) is 15.3. The van der Waals surface area contributed by atoms with Gasteiger partial charge in [0.05, 0.1) is 6.61 Å². The zero-order valence-corrected chi connectivity index (χ0v) is 13.7. The average Bonchev–Trinajstić information content (AvgIpc) is 2.81. The molecule has 3 heteroatoms. The first-order valence-corrected chi connectivity index (χ1v) is 8.08. The average molecular weight is 288 g/mol. The Morgan fingerprint density at radius 3 is 2.62 bits per heavy atom. The molecule has 21 heavy (non-hydrogen) atoms. The van der Waals surface area contributed by atoms with E-state index in [1.807, 2.05) is 0 Å². The summed E-state index contributed by atoms with van der Waals surface area (Å²) >= 11 is 0. The third-order valence-electron chi connectivity index (χ3n) is 6.25. The minimum absolute atomic E-state index is 0.371. The van der Waals surface area contributed by atoms with E-state index in [1.54, 1.807) is 0 Å². The SMILES string of the molecule is CC1(C)C(C(CCc2ccc3c(c2)CCO3)NN)C1(C)C. The maximum atomic E-state index is 5.84. The predicted molar refractivity (Wildman–Crippen MR) is 86.1 cm³/mol. The van der Waals surface area contributed by atoms with Gasteiger partial charge in [-0.1, -0.05) is 39.8 Å². The van der Waals surface area contributed by atoms with Crippen molar-refractivity contribution in [2.45, 2.75) is 53.0 Å². The number of hydrogen-bond donors (Lipinski definition) is 2. The summed E-state index contributed by atoms with van der Waals surface area (Å²) in [5.41, 5.74) is 6.57. The molecule has 1 fully saturated rings. The Morgan fingerprint density at radius 1 is 1.29 bits per heavy atom. The lowest BCUT2D eigenvalue weighted by atomic mass is 9.96. The number of rotatable bonds is 5. The van der Waals surface area contributed by atoms with Crippen molar-refractivity contribution in [2.24, 2.45) is 22.6 Å². The standard InChI is InChI=1S/C18H28N2O/c1-17(2)16(18(17,3)4)14(20-19)7-5-12-6-8-15-13(11-12)9-10-21-15/h6,8,11,14,16,20H,5,7,9-10,19H2,1-4H3. The van der Waals surface area contributed by atoms with Crippen LogP contribution in [0.3, 0.4) is 0 Å². The smallest absolute Gasteiger partial charge is 0.122 e. The van der Waals surface area contributed by atoms with Crippen LogP contribution in [0.25, 0.3) is 0 Å². The molecule has 3 rings (SSSR count). The highest BCUT2D eigenvalue weighted by Gasteiger charge is 2.66. The van der Waals surface area contributed by atoms with Crippen molar-refractivity contribution in [3.8, 4) is 5.75 Å². The van der Waals surface area contributed by atoms with Crippen LogP contribution in [0.1, 0.15) is 45.2 Å². The van der Waals surface area contributed by atoms with Crippen LogP contribution in [0, 0.1) is 16.7 Å². The number of hydrogen-bond acceptors (Lipinski definition) is 3. The Morgan fingerprint density at radius 2 is 2.00 bits per heavy atom. The Balaban J connectivity index is 1.64. The Labute approximate surface area is 128 Å². The molecule has 1 atom stereocenters. The highest BCUT2D eigenvalue weighted by Crippen LogP contribution is 2.69. The van der Waals surface area contributed by atoms with Crippen molar-refractivity contribution < 1.29 is 4.74 Å². The molecule has 1 heterocycles. The van der Waals surface area contributed by atoms with E-state index in [2.05, 4.69) is 51.3 Å². The number of benzene rings is 1. The third-order valence-corrected chi connectivity index (χ3v) is 6.25. The summed E-state index contributed by atoms with van der Waals surface area (Å²) < 4.78 is 5.57. The van der Waals surface area contributed by atoms with E-state index in [0.29, 0.717) is 22.8 Å². The largest absolute Gasteiger partial charge is 0.493 e. The first-order valence-electron chi connectivity index (χ1n) is 8.08. The second-order valence-corrected chi connectivity index (χ2v) is 7.77. The molecule has 0 radical (unpaired) electrons. The Kier molecular flexibility index (Phi) is 3.53. The maximum Gasteiger partial charge on any atom is 0.122 e. The van der Waals surface area contributed by atoms with Crippen LogP contribution in [0.5, 0.6) is 5.75 Å². The summed E-state index contributed by atoms with van der Waals surface area (Å²) in [6.07, 6.45) is 3.21. The molecule has 3 N–H and O–H groups in total. The van der Waals surface area contributed by atoms with Gasteiger partial charge < -0.3 is 4.74 Å². The van der Waals surface area contributed by atoms with Crippen LogP contribution in [0.4, 0.5) is 0 Å². The highest BCUT2D eigenvalue weighted by atomic mass is 16.5. The molecule has 0 aromatic heterocycles. The van der Waals surface area contributed by atoms with Crippen molar-refractivity contribution in [1.29, 1.82) is 0 Å². The van der Waals surface area contributed by atoms with E-state index >= 15 is 0 Å². The summed E-state index contributed by atoms with van der Waals surface area (Å²) in [6, 6.07) is 7.01. The van der Waals surface area contributed by atoms with Gasteiger partial charge in [0.25, 0.3) is 0 Å². The van der Waals surface area contributed by atoms with Gasteiger partial charge in [-0.15, -0.1) is 0 Å². The van der Waals surface area contributed by atoms with Gasteiger partial charge in [0.2, 0.25) is 0 Å². The van der Waals surface area contributed by atoms with E-state index in [1.165, 1.54) is 11.1 Å². The lowest BCUT2D eigenvalue weighted by molar-refractivity contribution is 0.356. The third kappa shape index (κ3) is 2.36. The van der Waals surface area contributed by atoms with Gasteiger partial charge in [0.15, 0.2) is 0 Å². The number of aryl methyl sites for hydroxylation is 1. The highest BCUT2D eigenvalue weighted by molar-refractivity contribution is 5.39. The second kappa shape index (κ2) is 4.99. The predicted octanol–water partition coefficient (Wildman–Crippen LogP) is 3.07. The number of hydrazine groups is 1. The molecule has 0 saturated heterocycles.